The molecule has 1 atom stereocenters. The van der Waals surface area contributed by atoms with Crippen LogP contribution < -0.4 is 4.74 Å². The number of hydrogen-bond donors (Lipinski definition) is 0. The third kappa shape index (κ3) is 5.17. The van der Waals surface area contributed by atoms with Crippen molar-refractivity contribution in [1.29, 1.82) is 0 Å². The minimum atomic E-state index is -0.132. The number of amides is 1. The van der Waals surface area contributed by atoms with Gasteiger partial charge >= 0.3 is 0 Å². The number of nitrogens with zero attached hydrogens (tertiary/aromatic N) is 2. The first-order chi connectivity index (χ1) is 14.1. The standard InChI is InChI=1S/C21H18BrClN2O3S/c22-15-3-1-14(2-4-15)19-11-25(9-10-27-19)21(26)18-13-29-20(24-18)12-28-17-7-5-16(23)6-8-17/h1-8,13,19H,9-12H2. The Morgan fingerprint density at radius 1 is 1.24 bits per heavy atom. The van der Waals surface area contributed by atoms with Crippen LogP contribution in [0.2, 0.25) is 5.02 Å². The van der Waals surface area contributed by atoms with Crippen molar-refractivity contribution in [2.75, 3.05) is 19.7 Å². The van der Waals surface area contributed by atoms with E-state index >= 15 is 0 Å². The lowest BCUT2D eigenvalue weighted by molar-refractivity contribution is -0.0230. The molecule has 0 spiro atoms. The lowest BCUT2D eigenvalue weighted by Crippen LogP contribution is -2.42. The minimum Gasteiger partial charge on any atom is -0.486 e. The van der Waals surface area contributed by atoms with Crippen LogP contribution in [0.25, 0.3) is 0 Å². The molecule has 1 aliphatic heterocycles. The molecule has 2 heterocycles. The average molecular weight is 494 g/mol. The molecule has 2 aromatic carbocycles. The lowest BCUT2D eigenvalue weighted by Gasteiger charge is -2.32. The molecule has 1 fully saturated rings. The number of carbonyl (C=O) groups excluding carboxylic acids is 1. The molecule has 0 N–H and O–H groups in total. The Labute approximate surface area is 186 Å². The van der Waals surface area contributed by atoms with Crippen molar-refractivity contribution in [2.45, 2.75) is 12.7 Å². The van der Waals surface area contributed by atoms with Crippen LogP contribution in [0.15, 0.2) is 58.4 Å². The zero-order chi connectivity index (χ0) is 20.2. The second-order valence-electron chi connectivity index (χ2n) is 6.53. The van der Waals surface area contributed by atoms with E-state index in [0.29, 0.717) is 42.8 Å². The van der Waals surface area contributed by atoms with Gasteiger partial charge in [-0.15, -0.1) is 11.3 Å². The molecule has 1 amide bonds. The third-order valence-electron chi connectivity index (χ3n) is 4.54. The average Bonchev–Trinajstić information content (AvgIpc) is 3.22. The fourth-order valence-corrected chi connectivity index (χ4v) is 4.10. The topological polar surface area (TPSA) is 51.7 Å². The fourth-order valence-electron chi connectivity index (χ4n) is 3.03. The van der Waals surface area contributed by atoms with E-state index in [1.54, 1.807) is 34.5 Å². The SMILES string of the molecule is O=C(c1csc(COc2ccc(Cl)cc2)n1)N1CCOC(c2ccc(Br)cc2)C1. The van der Waals surface area contributed by atoms with Gasteiger partial charge in [0.15, 0.2) is 0 Å². The predicted molar refractivity (Wildman–Crippen MR) is 117 cm³/mol. The number of carbonyl (C=O) groups is 1. The molecule has 4 rings (SSSR count). The van der Waals surface area contributed by atoms with E-state index in [1.165, 1.54) is 11.3 Å². The maximum Gasteiger partial charge on any atom is 0.273 e. The number of ether oxygens (including phenoxy) is 2. The van der Waals surface area contributed by atoms with Crippen LogP contribution in [0.1, 0.15) is 27.2 Å². The molecule has 0 radical (unpaired) electrons. The van der Waals surface area contributed by atoms with Crippen LogP contribution in [-0.2, 0) is 11.3 Å². The van der Waals surface area contributed by atoms with Crippen LogP contribution in [0.5, 0.6) is 5.75 Å². The van der Waals surface area contributed by atoms with Crippen LogP contribution in [-0.4, -0.2) is 35.5 Å². The Balaban J connectivity index is 1.37. The molecule has 1 aliphatic rings. The molecule has 0 bridgehead atoms. The Bertz CT molecular complexity index is 978. The number of morpholine rings is 1. The molecule has 0 aliphatic carbocycles. The summed E-state index contributed by atoms with van der Waals surface area (Å²) in [5.41, 5.74) is 1.50. The van der Waals surface area contributed by atoms with Gasteiger partial charge in [-0.2, -0.15) is 0 Å². The zero-order valence-corrected chi connectivity index (χ0v) is 18.5. The van der Waals surface area contributed by atoms with Crippen LogP contribution in [0.3, 0.4) is 0 Å². The Morgan fingerprint density at radius 3 is 2.76 bits per heavy atom. The molecule has 1 saturated heterocycles. The summed E-state index contributed by atoms with van der Waals surface area (Å²) >= 11 is 10.7. The van der Waals surface area contributed by atoms with Crippen LogP contribution in [0.4, 0.5) is 0 Å². The van der Waals surface area contributed by atoms with E-state index in [1.807, 2.05) is 24.3 Å². The van der Waals surface area contributed by atoms with E-state index in [2.05, 4.69) is 20.9 Å². The Kier molecular flexibility index (Phi) is 6.50. The predicted octanol–water partition coefficient (Wildman–Crippen LogP) is 5.35. The molecule has 1 aromatic heterocycles. The molecule has 29 heavy (non-hydrogen) atoms. The second-order valence-corrected chi connectivity index (χ2v) is 8.83. The van der Waals surface area contributed by atoms with Crippen molar-refractivity contribution < 1.29 is 14.3 Å². The number of benzene rings is 2. The van der Waals surface area contributed by atoms with Crippen molar-refractivity contribution in [1.82, 2.24) is 9.88 Å². The van der Waals surface area contributed by atoms with E-state index in [4.69, 9.17) is 21.1 Å². The van der Waals surface area contributed by atoms with Gasteiger partial charge in [-0.1, -0.05) is 39.7 Å². The van der Waals surface area contributed by atoms with Gasteiger partial charge < -0.3 is 14.4 Å². The second kappa shape index (κ2) is 9.26. The van der Waals surface area contributed by atoms with Crippen molar-refractivity contribution in [3.63, 3.8) is 0 Å². The summed E-state index contributed by atoms with van der Waals surface area (Å²) in [7, 11) is 0. The van der Waals surface area contributed by atoms with Crippen LogP contribution >= 0.6 is 38.9 Å². The smallest absolute Gasteiger partial charge is 0.273 e. The summed E-state index contributed by atoms with van der Waals surface area (Å²) in [6.45, 7) is 1.88. The van der Waals surface area contributed by atoms with E-state index < -0.39 is 0 Å². The molecule has 150 valence electrons. The Morgan fingerprint density at radius 2 is 2.00 bits per heavy atom. The molecule has 3 aromatic rings. The number of rotatable bonds is 5. The highest BCUT2D eigenvalue weighted by Crippen LogP contribution is 2.25. The van der Waals surface area contributed by atoms with E-state index in [0.717, 1.165) is 15.0 Å². The summed E-state index contributed by atoms with van der Waals surface area (Å²) in [5, 5.41) is 3.19. The van der Waals surface area contributed by atoms with Crippen LogP contribution in [0, 0.1) is 0 Å². The highest BCUT2D eigenvalue weighted by atomic mass is 79.9. The van der Waals surface area contributed by atoms with Gasteiger partial charge in [0.1, 0.15) is 29.2 Å². The number of thiazole rings is 1. The first kappa shape index (κ1) is 20.3. The van der Waals surface area contributed by atoms with Gasteiger partial charge in [-0.25, -0.2) is 4.98 Å². The van der Waals surface area contributed by atoms with Crippen molar-refractivity contribution in [3.05, 3.63) is 79.7 Å². The molecule has 0 saturated carbocycles. The monoisotopic (exact) mass is 492 g/mol. The zero-order valence-electron chi connectivity index (χ0n) is 15.4. The van der Waals surface area contributed by atoms with Gasteiger partial charge in [0.05, 0.1) is 13.2 Å². The first-order valence-electron chi connectivity index (χ1n) is 9.07. The maximum atomic E-state index is 12.9. The van der Waals surface area contributed by atoms with Gasteiger partial charge in [0.25, 0.3) is 5.91 Å². The number of halogens is 2. The highest BCUT2D eigenvalue weighted by Gasteiger charge is 2.27. The van der Waals surface area contributed by atoms with E-state index in [9.17, 15) is 4.79 Å². The van der Waals surface area contributed by atoms with Crippen molar-refractivity contribution in [3.8, 4) is 5.75 Å². The minimum absolute atomic E-state index is 0.0793. The van der Waals surface area contributed by atoms with Crippen molar-refractivity contribution in [2.24, 2.45) is 0 Å². The van der Waals surface area contributed by atoms with Gasteiger partial charge in [0, 0.05) is 21.4 Å². The number of aromatic nitrogens is 1. The molecule has 8 heteroatoms. The highest BCUT2D eigenvalue weighted by molar-refractivity contribution is 9.10. The molecular formula is C21H18BrClN2O3S. The van der Waals surface area contributed by atoms with Gasteiger partial charge in [0.2, 0.25) is 0 Å². The maximum absolute atomic E-state index is 12.9. The first-order valence-corrected chi connectivity index (χ1v) is 11.1. The summed E-state index contributed by atoms with van der Waals surface area (Å²) in [5.74, 6) is 0.632. The van der Waals surface area contributed by atoms with E-state index in [-0.39, 0.29) is 12.0 Å². The third-order valence-corrected chi connectivity index (χ3v) is 6.15. The Hall–Kier alpha value is -1.93. The summed E-state index contributed by atoms with van der Waals surface area (Å²) < 4.78 is 12.6. The normalized spacial score (nSPS) is 16.6. The lowest BCUT2D eigenvalue weighted by atomic mass is 10.1. The fraction of sp³-hybridized carbons (Fsp3) is 0.238. The molecule has 1 unspecified atom stereocenters. The van der Waals surface area contributed by atoms with Crippen molar-refractivity contribution >= 4 is 44.8 Å². The summed E-state index contributed by atoms with van der Waals surface area (Å²) in [4.78, 5) is 19.2. The van der Waals surface area contributed by atoms with Gasteiger partial charge in [-0.3, -0.25) is 4.79 Å². The summed E-state index contributed by atoms with van der Waals surface area (Å²) in [6.07, 6.45) is -0.132. The largest absolute Gasteiger partial charge is 0.486 e. The summed E-state index contributed by atoms with van der Waals surface area (Å²) in [6, 6.07) is 15.1. The molecular weight excluding hydrogens is 476 g/mol. The number of hydrogen-bond acceptors (Lipinski definition) is 5. The quantitative estimate of drug-likeness (QED) is 0.481. The van der Waals surface area contributed by atoms with Gasteiger partial charge in [-0.05, 0) is 42.0 Å². The molecule has 5 nitrogen and oxygen atoms in total.